The zero-order chi connectivity index (χ0) is 12.3. The van der Waals surface area contributed by atoms with Crippen LogP contribution in [0.2, 0.25) is 0 Å². The van der Waals surface area contributed by atoms with Crippen LogP contribution in [0.3, 0.4) is 0 Å². The van der Waals surface area contributed by atoms with E-state index in [1.807, 2.05) is 0 Å². The zero-order valence-electron chi connectivity index (χ0n) is 9.16. The highest BCUT2D eigenvalue weighted by Crippen LogP contribution is 2.41. The summed E-state index contributed by atoms with van der Waals surface area (Å²) in [5, 5.41) is 12.7. The number of ether oxygens (including phenoxy) is 3. The van der Waals surface area contributed by atoms with Crippen molar-refractivity contribution >= 4 is 0 Å². The SMILES string of the molecule is COc1cc2c(cc1C(CO)N=[N+]=[N-])OCO2. The molecule has 1 aliphatic rings. The highest BCUT2D eigenvalue weighted by Gasteiger charge is 2.21. The van der Waals surface area contributed by atoms with Crippen LogP contribution in [-0.4, -0.2) is 25.6 Å². The van der Waals surface area contributed by atoms with Gasteiger partial charge in [0.1, 0.15) is 5.75 Å². The number of hydrogen-bond donors (Lipinski definition) is 1. The standard InChI is InChI=1S/C10H11N3O4/c1-15-8-3-10-9(16-5-17-10)2-6(8)7(4-14)12-13-11/h2-3,7,14H,4-5H2,1H3. The fourth-order valence-electron chi connectivity index (χ4n) is 1.64. The van der Waals surface area contributed by atoms with E-state index >= 15 is 0 Å². The molecule has 1 aromatic rings. The molecule has 7 heteroatoms. The number of aliphatic hydroxyl groups excluding tert-OH is 1. The van der Waals surface area contributed by atoms with Crippen LogP contribution < -0.4 is 14.2 Å². The molecule has 1 heterocycles. The highest BCUT2D eigenvalue weighted by molar-refractivity contribution is 5.52. The van der Waals surface area contributed by atoms with E-state index < -0.39 is 6.04 Å². The van der Waals surface area contributed by atoms with Gasteiger partial charge in [-0.3, -0.25) is 0 Å². The van der Waals surface area contributed by atoms with Gasteiger partial charge in [-0.15, -0.1) is 0 Å². The maximum Gasteiger partial charge on any atom is 0.231 e. The van der Waals surface area contributed by atoms with E-state index in [9.17, 15) is 5.11 Å². The Hall–Kier alpha value is -2.11. The molecule has 1 unspecified atom stereocenters. The third-order valence-electron chi connectivity index (χ3n) is 2.45. The molecule has 0 saturated heterocycles. The summed E-state index contributed by atoms with van der Waals surface area (Å²) in [7, 11) is 1.49. The van der Waals surface area contributed by atoms with Crippen molar-refractivity contribution in [2.45, 2.75) is 6.04 Å². The van der Waals surface area contributed by atoms with Crippen LogP contribution in [0.5, 0.6) is 17.2 Å². The molecule has 1 N–H and O–H groups in total. The molecular formula is C10H11N3O4. The van der Waals surface area contributed by atoms with Crippen molar-refractivity contribution in [1.29, 1.82) is 0 Å². The maximum absolute atomic E-state index is 9.19. The second kappa shape index (κ2) is 4.82. The van der Waals surface area contributed by atoms with Gasteiger partial charge in [-0.25, -0.2) is 0 Å². The molecule has 0 bridgehead atoms. The lowest BCUT2D eigenvalue weighted by atomic mass is 10.1. The van der Waals surface area contributed by atoms with Gasteiger partial charge in [0, 0.05) is 16.5 Å². The van der Waals surface area contributed by atoms with Crippen LogP contribution in [0, 0.1) is 0 Å². The Morgan fingerprint density at radius 1 is 1.53 bits per heavy atom. The van der Waals surface area contributed by atoms with Crippen molar-refractivity contribution in [2.24, 2.45) is 5.11 Å². The Morgan fingerprint density at radius 3 is 2.82 bits per heavy atom. The number of benzene rings is 1. The summed E-state index contributed by atoms with van der Waals surface area (Å²) in [5.41, 5.74) is 9.00. The van der Waals surface area contributed by atoms with Gasteiger partial charge in [-0.1, -0.05) is 5.11 Å². The van der Waals surface area contributed by atoms with Gasteiger partial charge in [-0.2, -0.15) is 0 Å². The molecule has 0 radical (unpaired) electrons. The normalized spacial score (nSPS) is 14.0. The van der Waals surface area contributed by atoms with Gasteiger partial charge in [-0.05, 0) is 11.6 Å². The number of rotatable bonds is 4. The summed E-state index contributed by atoms with van der Waals surface area (Å²) >= 11 is 0. The lowest BCUT2D eigenvalue weighted by Gasteiger charge is -2.13. The van der Waals surface area contributed by atoms with Crippen molar-refractivity contribution in [2.75, 3.05) is 20.5 Å². The van der Waals surface area contributed by atoms with E-state index in [0.717, 1.165) is 0 Å². The fraction of sp³-hybridized carbons (Fsp3) is 0.400. The number of methoxy groups -OCH3 is 1. The number of hydrogen-bond acceptors (Lipinski definition) is 5. The second-order valence-corrected chi connectivity index (χ2v) is 3.35. The van der Waals surface area contributed by atoms with E-state index in [4.69, 9.17) is 19.7 Å². The average Bonchev–Trinajstić information content (AvgIpc) is 2.81. The predicted molar refractivity (Wildman–Crippen MR) is 58.1 cm³/mol. The average molecular weight is 237 g/mol. The van der Waals surface area contributed by atoms with Crippen molar-refractivity contribution in [3.63, 3.8) is 0 Å². The molecule has 0 amide bonds. The van der Waals surface area contributed by atoms with E-state index in [2.05, 4.69) is 10.0 Å². The summed E-state index contributed by atoms with van der Waals surface area (Å²) in [6, 6.07) is 2.59. The molecule has 17 heavy (non-hydrogen) atoms. The van der Waals surface area contributed by atoms with E-state index in [0.29, 0.717) is 22.8 Å². The number of azide groups is 1. The van der Waals surface area contributed by atoms with Gasteiger partial charge < -0.3 is 19.3 Å². The third-order valence-corrected chi connectivity index (χ3v) is 2.45. The summed E-state index contributed by atoms with van der Waals surface area (Å²) in [6.07, 6.45) is 0. The molecule has 1 aliphatic heterocycles. The molecule has 0 spiro atoms. The monoisotopic (exact) mass is 237 g/mol. The number of nitrogens with zero attached hydrogens (tertiary/aromatic N) is 3. The van der Waals surface area contributed by atoms with Crippen LogP contribution >= 0.6 is 0 Å². The molecule has 0 saturated carbocycles. The van der Waals surface area contributed by atoms with Crippen LogP contribution in [0.1, 0.15) is 11.6 Å². The van der Waals surface area contributed by atoms with Gasteiger partial charge in [0.15, 0.2) is 11.5 Å². The Kier molecular flexibility index (Phi) is 3.22. The first-order chi connectivity index (χ1) is 8.30. The first kappa shape index (κ1) is 11.4. The Bertz CT molecular complexity index is 471. The second-order valence-electron chi connectivity index (χ2n) is 3.35. The number of aliphatic hydroxyl groups is 1. The highest BCUT2D eigenvalue weighted by atomic mass is 16.7. The van der Waals surface area contributed by atoms with Crippen LogP contribution in [0.4, 0.5) is 0 Å². The van der Waals surface area contributed by atoms with Crippen LogP contribution in [0.15, 0.2) is 17.2 Å². The number of fused-ring (bicyclic) bond motifs is 1. The minimum atomic E-state index is -0.704. The lowest BCUT2D eigenvalue weighted by molar-refractivity contribution is 0.174. The van der Waals surface area contributed by atoms with Gasteiger partial charge in [0.2, 0.25) is 6.79 Å². The zero-order valence-corrected chi connectivity index (χ0v) is 9.16. The van der Waals surface area contributed by atoms with E-state index in [1.165, 1.54) is 7.11 Å². The quantitative estimate of drug-likeness (QED) is 0.490. The van der Waals surface area contributed by atoms with E-state index in [1.54, 1.807) is 12.1 Å². The molecule has 90 valence electrons. The molecular weight excluding hydrogens is 226 g/mol. The Morgan fingerprint density at radius 2 is 2.24 bits per heavy atom. The molecule has 0 aliphatic carbocycles. The summed E-state index contributed by atoms with van der Waals surface area (Å²) in [5.74, 6) is 1.61. The van der Waals surface area contributed by atoms with Crippen LogP contribution in [0.25, 0.3) is 10.4 Å². The fourth-order valence-corrected chi connectivity index (χ4v) is 1.64. The van der Waals surface area contributed by atoms with Crippen molar-refractivity contribution in [3.05, 3.63) is 28.1 Å². The predicted octanol–water partition coefficient (Wildman–Crippen LogP) is 1.77. The Labute approximate surface area is 97.2 Å². The Balaban J connectivity index is 2.47. The molecule has 1 aromatic carbocycles. The summed E-state index contributed by atoms with van der Waals surface area (Å²) < 4.78 is 15.6. The van der Waals surface area contributed by atoms with Crippen molar-refractivity contribution in [1.82, 2.24) is 0 Å². The first-order valence-electron chi connectivity index (χ1n) is 4.92. The minimum absolute atomic E-state index is 0.146. The smallest absolute Gasteiger partial charge is 0.231 e. The molecule has 1 atom stereocenters. The van der Waals surface area contributed by atoms with Crippen LogP contribution in [-0.2, 0) is 0 Å². The first-order valence-corrected chi connectivity index (χ1v) is 4.92. The third kappa shape index (κ3) is 2.06. The van der Waals surface area contributed by atoms with E-state index in [-0.39, 0.29) is 13.4 Å². The lowest BCUT2D eigenvalue weighted by Crippen LogP contribution is -2.03. The molecule has 7 nitrogen and oxygen atoms in total. The van der Waals surface area contributed by atoms with Gasteiger partial charge in [0.05, 0.1) is 19.8 Å². The van der Waals surface area contributed by atoms with Crippen molar-refractivity contribution in [3.8, 4) is 17.2 Å². The molecule has 2 rings (SSSR count). The molecule has 0 aromatic heterocycles. The summed E-state index contributed by atoms with van der Waals surface area (Å²) in [4.78, 5) is 2.69. The van der Waals surface area contributed by atoms with Gasteiger partial charge >= 0.3 is 0 Å². The van der Waals surface area contributed by atoms with Gasteiger partial charge in [0.25, 0.3) is 0 Å². The summed E-state index contributed by atoms with van der Waals surface area (Å²) in [6.45, 7) is -0.159. The largest absolute Gasteiger partial charge is 0.496 e. The maximum atomic E-state index is 9.19. The van der Waals surface area contributed by atoms with Crippen molar-refractivity contribution < 1.29 is 19.3 Å². The minimum Gasteiger partial charge on any atom is -0.496 e. The topological polar surface area (TPSA) is 96.7 Å². The molecule has 0 fully saturated rings.